The second-order valence-electron chi connectivity index (χ2n) is 1.99. The minimum Gasteiger partial charge on any atom is -0.394 e. The van der Waals surface area contributed by atoms with Crippen molar-refractivity contribution in [3.05, 3.63) is 0 Å². The third-order valence-corrected chi connectivity index (χ3v) is 1.22. The van der Waals surface area contributed by atoms with E-state index in [0.717, 1.165) is 6.42 Å². The van der Waals surface area contributed by atoms with Crippen molar-refractivity contribution in [2.75, 3.05) is 6.61 Å². The van der Waals surface area contributed by atoms with E-state index in [2.05, 4.69) is 0 Å². The maximum atomic E-state index is 8.38. The van der Waals surface area contributed by atoms with E-state index >= 15 is 0 Å². The van der Waals surface area contributed by atoms with Crippen molar-refractivity contribution in [3.8, 4) is 0 Å². The zero-order valence-electron chi connectivity index (χ0n) is 4.42. The van der Waals surface area contributed by atoms with E-state index in [1.54, 1.807) is 0 Å². The number of aliphatic hydroxyl groups is 1. The summed E-state index contributed by atoms with van der Waals surface area (Å²) in [6.45, 7) is 2.19. The van der Waals surface area contributed by atoms with Crippen LogP contribution in [0.3, 0.4) is 0 Å². The van der Waals surface area contributed by atoms with Gasteiger partial charge in [0.25, 0.3) is 0 Å². The van der Waals surface area contributed by atoms with Gasteiger partial charge in [-0.1, -0.05) is 0 Å². The minimum absolute atomic E-state index is 0.148. The van der Waals surface area contributed by atoms with E-state index in [1.165, 1.54) is 0 Å². The van der Waals surface area contributed by atoms with Crippen molar-refractivity contribution in [2.24, 2.45) is 0 Å². The third kappa shape index (κ3) is 0.924. The average molecular weight is 102 g/mol. The molecule has 0 aromatic carbocycles. The molecule has 0 spiro atoms. The van der Waals surface area contributed by atoms with Gasteiger partial charge in [0, 0.05) is 6.42 Å². The van der Waals surface area contributed by atoms with Gasteiger partial charge in [-0.3, -0.25) is 0 Å². The largest absolute Gasteiger partial charge is 0.394 e. The van der Waals surface area contributed by atoms with Crippen LogP contribution in [0.2, 0.25) is 0 Å². The summed E-state index contributed by atoms with van der Waals surface area (Å²) >= 11 is 0. The van der Waals surface area contributed by atoms with Gasteiger partial charge in [0.2, 0.25) is 0 Å². The first-order valence-corrected chi connectivity index (χ1v) is 2.59. The van der Waals surface area contributed by atoms with Gasteiger partial charge in [0.05, 0.1) is 18.8 Å². The van der Waals surface area contributed by atoms with Crippen molar-refractivity contribution in [3.63, 3.8) is 0 Å². The van der Waals surface area contributed by atoms with Crippen molar-refractivity contribution >= 4 is 0 Å². The molecule has 0 amide bonds. The maximum Gasteiger partial charge on any atom is 0.0833 e. The monoisotopic (exact) mass is 102 g/mol. The molecule has 0 saturated carbocycles. The van der Waals surface area contributed by atoms with Crippen LogP contribution >= 0.6 is 0 Å². The average Bonchev–Trinajstić information content (AvgIpc) is 1.58. The van der Waals surface area contributed by atoms with Gasteiger partial charge in [0.15, 0.2) is 0 Å². The number of hydrogen-bond donors (Lipinski definition) is 1. The number of rotatable bonds is 1. The van der Waals surface area contributed by atoms with E-state index in [1.807, 2.05) is 6.92 Å². The Balaban J connectivity index is 2.06. The molecule has 0 aromatic heterocycles. The normalized spacial score (nSPS) is 40.3. The molecule has 0 aliphatic carbocycles. The molecule has 2 nitrogen and oxygen atoms in total. The predicted octanol–water partition coefficient (Wildman–Crippen LogP) is 0.156. The molecule has 1 N–H and O–H groups in total. The van der Waals surface area contributed by atoms with Crippen molar-refractivity contribution in [1.82, 2.24) is 0 Å². The zero-order valence-corrected chi connectivity index (χ0v) is 4.42. The Bertz CT molecular complexity index is 57.1. The van der Waals surface area contributed by atoms with E-state index in [9.17, 15) is 0 Å². The van der Waals surface area contributed by atoms with E-state index < -0.39 is 0 Å². The molecule has 1 saturated heterocycles. The molecule has 2 atom stereocenters. The van der Waals surface area contributed by atoms with Crippen LogP contribution in [0.5, 0.6) is 0 Å². The molecular formula is C5H10O2. The fourth-order valence-corrected chi connectivity index (χ4v) is 0.805. The fraction of sp³-hybridized carbons (Fsp3) is 1.00. The van der Waals surface area contributed by atoms with Gasteiger partial charge >= 0.3 is 0 Å². The van der Waals surface area contributed by atoms with Gasteiger partial charge in [-0.05, 0) is 6.92 Å². The van der Waals surface area contributed by atoms with Crippen LogP contribution in [0, 0.1) is 0 Å². The molecule has 0 radical (unpaired) electrons. The summed E-state index contributed by atoms with van der Waals surface area (Å²) < 4.78 is 5.04. The Labute approximate surface area is 43.1 Å². The molecule has 1 rings (SSSR count). The minimum atomic E-state index is 0.148. The lowest BCUT2D eigenvalue weighted by molar-refractivity contribution is -0.132. The van der Waals surface area contributed by atoms with Gasteiger partial charge in [-0.25, -0.2) is 0 Å². The molecule has 7 heavy (non-hydrogen) atoms. The zero-order chi connectivity index (χ0) is 5.28. The van der Waals surface area contributed by atoms with E-state index in [0.29, 0.717) is 6.10 Å². The molecule has 2 heteroatoms. The lowest BCUT2D eigenvalue weighted by Crippen LogP contribution is -2.37. The number of ether oxygens (including phenoxy) is 1. The Kier molecular flexibility index (Phi) is 1.30. The second kappa shape index (κ2) is 1.80. The maximum absolute atomic E-state index is 8.38. The lowest BCUT2D eigenvalue weighted by atomic mass is 10.1. The first-order valence-electron chi connectivity index (χ1n) is 2.59. The topological polar surface area (TPSA) is 29.5 Å². The Hall–Kier alpha value is -0.0800. The number of hydrogen-bond acceptors (Lipinski definition) is 2. The SMILES string of the molecule is CC1C[C@@H](CO)O1. The molecule has 1 aliphatic heterocycles. The molecule has 1 unspecified atom stereocenters. The first-order chi connectivity index (χ1) is 3.33. The van der Waals surface area contributed by atoms with Gasteiger partial charge in [0.1, 0.15) is 0 Å². The van der Waals surface area contributed by atoms with Crippen LogP contribution in [0.4, 0.5) is 0 Å². The Morgan fingerprint density at radius 1 is 1.86 bits per heavy atom. The van der Waals surface area contributed by atoms with Crippen LogP contribution in [0.25, 0.3) is 0 Å². The summed E-state index contributed by atoms with van der Waals surface area (Å²) in [7, 11) is 0. The Morgan fingerprint density at radius 2 is 2.43 bits per heavy atom. The van der Waals surface area contributed by atoms with Crippen molar-refractivity contribution < 1.29 is 9.84 Å². The van der Waals surface area contributed by atoms with Crippen molar-refractivity contribution in [1.29, 1.82) is 0 Å². The number of aliphatic hydroxyl groups excluding tert-OH is 1. The molecule has 42 valence electrons. The van der Waals surface area contributed by atoms with E-state index in [-0.39, 0.29) is 12.7 Å². The van der Waals surface area contributed by atoms with E-state index in [4.69, 9.17) is 9.84 Å². The van der Waals surface area contributed by atoms with Gasteiger partial charge in [-0.15, -0.1) is 0 Å². The second-order valence-corrected chi connectivity index (χ2v) is 1.99. The molecule has 1 fully saturated rings. The summed E-state index contributed by atoms with van der Waals surface area (Å²) in [5, 5.41) is 8.38. The van der Waals surface area contributed by atoms with Crippen LogP contribution in [-0.2, 0) is 4.74 Å². The highest BCUT2D eigenvalue weighted by atomic mass is 16.5. The highest BCUT2D eigenvalue weighted by molar-refractivity contribution is 4.71. The van der Waals surface area contributed by atoms with Crippen LogP contribution < -0.4 is 0 Å². The molecule has 0 aromatic rings. The van der Waals surface area contributed by atoms with Crippen LogP contribution in [-0.4, -0.2) is 23.9 Å². The Morgan fingerprint density at radius 3 is 2.57 bits per heavy atom. The lowest BCUT2D eigenvalue weighted by Gasteiger charge is -2.31. The van der Waals surface area contributed by atoms with Crippen LogP contribution in [0.1, 0.15) is 13.3 Å². The van der Waals surface area contributed by atoms with Crippen LogP contribution in [0.15, 0.2) is 0 Å². The first kappa shape index (κ1) is 5.06. The highest BCUT2D eigenvalue weighted by Crippen LogP contribution is 2.18. The quantitative estimate of drug-likeness (QED) is 0.511. The molecule has 1 aliphatic rings. The van der Waals surface area contributed by atoms with Gasteiger partial charge in [-0.2, -0.15) is 0 Å². The van der Waals surface area contributed by atoms with Gasteiger partial charge < -0.3 is 9.84 Å². The summed E-state index contributed by atoms with van der Waals surface area (Å²) in [5.74, 6) is 0. The molecule has 0 bridgehead atoms. The standard InChI is InChI=1S/C5H10O2/c1-4-2-5(3-6)7-4/h4-6H,2-3H2,1H3/t4?,5-/m0/s1. The molecular weight excluding hydrogens is 92.1 g/mol. The summed E-state index contributed by atoms with van der Waals surface area (Å²) in [5.41, 5.74) is 0. The summed E-state index contributed by atoms with van der Waals surface area (Å²) in [6.07, 6.45) is 1.56. The third-order valence-electron chi connectivity index (χ3n) is 1.22. The summed E-state index contributed by atoms with van der Waals surface area (Å²) in [4.78, 5) is 0. The smallest absolute Gasteiger partial charge is 0.0833 e. The predicted molar refractivity (Wildman–Crippen MR) is 26.0 cm³/mol. The summed E-state index contributed by atoms with van der Waals surface area (Å²) in [6, 6.07) is 0. The highest BCUT2D eigenvalue weighted by Gasteiger charge is 2.24. The fourth-order valence-electron chi connectivity index (χ4n) is 0.805. The van der Waals surface area contributed by atoms with Crippen molar-refractivity contribution in [2.45, 2.75) is 25.6 Å². The molecule has 1 heterocycles.